The topological polar surface area (TPSA) is 151 Å². The number of nitrogens with zero attached hydrogens (tertiary/aromatic N) is 6. The fraction of sp³-hybridized carbons (Fsp3) is 0.529. The quantitative estimate of drug-likeness (QED) is 0.0919. The zero-order valence-electron chi connectivity index (χ0n) is 39.3. The van der Waals surface area contributed by atoms with E-state index in [1.165, 1.54) is 50.8 Å². The summed E-state index contributed by atoms with van der Waals surface area (Å²) in [6.07, 6.45) is 12.0. The Balaban J connectivity index is 0.000000176. The number of anilines is 6. The number of benzene rings is 2. The maximum Gasteiger partial charge on any atom is 0.257 e. The predicted molar refractivity (Wildman–Crippen MR) is 273 cm³/mol. The highest BCUT2D eigenvalue weighted by atomic mass is 127. The van der Waals surface area contributed by atoms with Crippen molar-refractivity contribution in [2.45, 2.75) is 100 Å². The van der Waals surface area contributed by atoms with Crippen LogP contribution in [0.25, 0.3) is 0 Å². The number of rotatable bonds is 12. The lowest BCUT2D eigenvalue weighted by atomic mass is 9.93. The van der Waals surface area contributed by atoms with Crippen molar-refractivity contribution in [3.8, 4) is 0 Å². The van der Waals surface area contributed by atoms with Gasteiger partial charge in [0.25, 0.3) is 23.7 Å². The first-order chi connectivity index (χ1) is 33.4. The second kappa shape index (κ2) is 20.4. The molecule has 2 amide bonds. The maximum atomic E-state index is 13.6. The SMILES string of the molecule is O=C(Nc1ccnc(N2CCC(F)(F)CC2)c1)c1ccc(I)cc1N1CCC2(CC1)CC2.O=C(Nc1ccnc(N2CCC(F)(F)CC2)c1)c1ccc(S(=O)(=O)CCCO)cc1N1CCC2(CC1)CC2. The summed E-state index contributed by atoms with van der Waals surface area (Å²) >= 11 is 2.29. The largest absolute Gasteiger partial charge is 0.396 e. The number of aliphatic hydroxyl groups is 1. The average molecular weight is 1100 g/mol. The Labute approximate surface area is 420 Å². The van der Waals surface area contributed by atoms with Crippen molar-refractivity contribution < 1.29 is 40.7 Å². The number of pyridine rings is 2. The molecular weight excluding hydrogens is 1040 g/mol. The van der Waals surface area contributed by atoms with E-state index in [0.717, 1.165) is 48.3 Å². The zero-order chi connectivity index (χ0) is 49.3. The van der Waals surface area contributed by atoms with E-state index in [1.54, 1.807) is 47.5 Å². The van der Waals surface area contributed by atoms with E-state index >= 15 is 0 Å². The molecule has 13 nitrogen and oxygen atoms in total. The number of hydrogen-bond donors (Lipinski definition) is 3. The van der Waals surface area contributed by atoms with Gasteiger partial charge in [-0.05, 0) is 140 Å². The van der Waals surface area contributed by atoms with Crippen LogP contribution in [-0.2, 0) is 9.84 Å². The first kappa shape index (κ1) is 50.2. The summed E-state index contributed by atoms with van der Waals surface area (Å²) in [6.45, 7) is 4.14. The lowest BCUT2D eigenvalue weighted by Gasteiger charge is -2.35. The zero-order valence-corrected chi connectivity index (χ0v) is 42.2. The summed E-state index contributed by atoms with van der Waals surface area (Å²) in [6, 6.07) is 17.3. The number of amides is 2. The molecule has 6 fully saturated rings. The monoisotopic (exact) mass is 1100 g/mol. The second-order valence-corrected chi connectivity index (χ2v) is 23.5. The van der Waals surface area contributed by atoms with E-state index in [1.807, 2.05) is 17.0 Å². The first-order valence-electron chi connectivity index (χ1n) is 24.5. The molecule has 0 unspecified atom stereocenters. The third-order valence-electron chi connectivity index (χ3n) is 15.2. The number of alkyl halides is 4. The van der Waals surface area contributed by atoms with Crippen LogP contribution in [0.15, 0.2) is 78.0 Å². The number of piperidine rings is 4. The van der Waals surface area contributed by atoms with Crippen LogP contribution >= 0.6 is 22.6 Å². The maximum absolute atomic E-state index is 13.6. The van der Waals surface area contributed by atoms with Crippen molar-refractivity contribution >= 4 is 78.6 Å². The molecule has 4 saturated heterocycles. The highest BCUT2D eigenvalue weighted by Crippen LogP contribution is 2.55. The van der Waals surface area contributed by atoms with Crippen molar-refractivity contribution in [3.63, 3.8) is 0 Å². The molecule has 4 aromatic rings. The lowest BCUT2D eigenvalue weighted by molar-refractivity contribution is -0.0227. The molecule has 0 bridgehead atoms. The summed E-state index contributed by atoms with van der Waals surface area (Å²) in [5.41, 5.74) is 4.69. The van der Waals surface area contributed by atoms with Crippen LogP contribution < -0.4 is 30.2 Å². The van der Waals surface area contributed by atoms with E-state index in [2.05, 4.69) is 59.1 Å². The van der Waals surface area contributed by atoms with Gasteiger partial charge in [0.05, 0.1) is 33.2 Å². The van der Waals surface area contributed by atoms with Crippen molar-refractivity contribution in [3.05, 3.63) is 87.8 Å². The first-order valence-corrected chi connectivity index (χ1v) is 27.2. The molecule has 2 saturated carbocycles. The number of hydrogen-bond acceptors (Lipinski definition) is 11. The minimum atomic E-state index is -3.61. The predicted octanol–water partition coefficient (Wildman–Crippen LogP) is 9.66. The minimum Gasteiger partial charge on any atom is -0.396 e. The van der Waals surface area contributed by atoms with Gasteiger partial charge >= 0.3 is 0 Å². The molecule has 2 aromatic heterocycles. The molecule has 0 radical (unpaired) electrons. The van der Waals surface area contributed by atoms with E-state index in [9.17, 15) is 35.6 Å². The third kappa shape index (κ3) is 12.1. The standard InChI is InChI=1S/C27H34F2N4O4S.C24H27F2IN4O/c28-27(29)9-14-33(15-10-27)24-18-20(4-11-30-24)31-25(35)22-3-2-21(38(36,37)17-1-16-34)19-23(22)32-12-7-26(5-6-26)8-13-32;25-24(26)8-13-31(14-9-24)21-16-18(3-10-28-21)29-22(32)19-2-1-17(27)15-20(19)30-11-6-23(4-5-23)7-12-30/h2-4,11,18-19,34H,1,5-10,12-17H2,(H,30,31,35);1-3,10,15-16H,4-9,11-14H2,(H,28,29,32). The number of aromatic nitrogens is 2. The van der Waals surface area contributed by atoms with Crippen molar-refractivity contribution in [1.82, 2.24) is 9.97 Å². The third-order valence-corrected chi connectivity index (χ3v) is 17.7. The summed E-state index contributed by atoms with van der Waals surface area (Å²) in [4.78, 5) is 43.5. The van der Waals surface area contributed by atoms with Gasteiger partial charge < -0.3 is 35.3 Å². The highest BCUT2D eigenvalue weighted by molar-refractivity contribution is 14.1. The van der Waals surface area contributed by atoms with Gasteiger partial charge in [0, 0.05) is 124 Å². The number of sulfone groups is 1. The normalized spacial score (nSPS) is 20.9. The molecule has 10 rings (SSSR count). The van der Waals surface area contributed by atoms with Gasteiger partial charge in [-0.1, -0.05) is 0 Å². The fourth-order valence-electron chi connectivity index (χ4n) is 10.1. The Hall–Kier alpha value is -4.76. The van der Waals surface area contributed by atoms with E-state index < -0.39 is 21.7 Å². The number of carbonyl (C=O) groups is 2. The highest BCUT2D eigenvalue weighted by Gasteiger charge is 2.46. The molecule has 0 atom stereocenters. The molecule has 6 heterocycles. The number of aliphatic hydroxyl groups excluding tert-OH is 1. The summed E-state index contributed by atoms with van der Waals surface area (Å²) in [7, 11) is -3.61. The molecule has 3 N–H and O–H groups in total. The van der Waals surface area contributed by atoms with Gasteiger partial charge in [-0.15, -0.1) is 0 Å². The van der Waals surface area contributed by atoms with Crippen molar-refractivity contribution in [2.24, 2.45) is 10.8 Å². The molecular formula is C51H61F4IN8O5S. The van der Waals surface area contributed by atoms with E-state index in [-0.39, 0.29) is 87.4 Å². The van der Waals surface area contributed by atoms with Crippen LogP contribution in [0.3, 0.4) is 0 Å². The molecule has 2 aliphatic carbocycles. The molecule has 2 spiro atoms. The van der Waals surface area contributed by atoms with Crippen LogP contribution in [-0.4, -0.2) is 112 Å². The van der Waals surface area contributed by atoms with Crippen molar-refractivity contribution in [1.29, 1.82) is 0 Å². The summed E-state index contributed by atoms with van der Waals surface area (Å²) in [5.74, 6) is -4.83. The Morgan fingerprint density at radius 2 is 0.986 bits per heavy atom. The van der Waals surface area contributed by atoms with E-state index in [4.69, 9.17) is 5.11 Å². The van der Waals surface area contributed by atoms with E-state index in [0.29, 0.717) is 50.7 Å². The molecule has 376 valence electrons. The Morgan fingerprint density at radius 1 is 0.571 bits per heavy atom. The summed E-state index contributed by atoms with van der Waals surface area (Å²) < 4.78 is 80.9. The minimum absolute atomic E-state index is 0.136. The van der Waals surface area contributed by atoms with Gasteiger partial charge in [0.1, 0.15) is 11.6 Å². The number of carbonyl (C=O) groups excluding carboxylic acids is 2. The van der Waals surface area contributed by atoms with Crippen molar-refractivity contribution in [2.75, 3.05) is 95.0 Å². The smallest absolute Gasteiger partial charge is 0.257 e. The van der Waals surface area contributed by atoms with Crippen LogP contribution in [0.2, 0.25) is 0 Å². The van der Waals surface area contributed by atoms with Crippen LogP contribution in [0.5, 0.6) is 0 Å². The Morgan fingerprint density at radius 3 is 1.41 bits per heavy atom. The van der Waals surface area contributed by atoms with Crippen LogP contribution in [0, 0.1) is 14.4 Å². The van der Waals surface area contributed by atoms with Crippen LogP contribution in [0.1, 0.15) is 104 Å². The van der Waals surface area contributed by atoms with Gasteiger partial charge in [-0.3, -0.25) is 9.59 Å². The van der Waals surface area contributed by atoms with Crippen LogP contribution in [0.4, 0.5) is 51.9 Å². The molecule has 4 aliphatic heterocycles. The Kier molecular flexibility index (Phi) is 14.6. The molecule has 70 heavy (non-hydrogen) atoms. The van der Waals surface area contributed by atoms with Gasteiger partial charge in [0.2, 0.25) is 0 Å². The van der Waals surface area contributed by atoms with Gasteiger partial charge in [-0.2, -0.15) is 0 Å². The number of halogens is 5. The molecule has 19 heteroatoms. The lowest BCUT2D eigenvalue weighted by Crippen LogP contribution is -2.39. The number of nitrogens with one attached hydrogen (secondary N) is 2. The summed E-state index contributed by atoms with van der Waals surface area (Å²) in [5, 5.41) is 15.0. The Bertz CT molecular complexity index is 2650. The molecule has 2 aromatic carbocycles. The van der Waals surface area contributed by atoms with Gasteiger partial charge in [-0.25, -0.2) is 35.9 Å². The van der Waals surface area contributed by atoms with Gasteiger partial charge in [0.15, 0.2) is 9.84 Å². The average Bonchev–Trinajstić information content (AvgIpc) is 4.29. The molecule has 6 aliphatic rings. The second-order valence-electron chi connectivity index (χ2n) is 20.1. The fourth-order valence-corrected chi connectivity index (χ4v) is 11.9.